The third-order valence-corrected chi connectivity index (χ3v) is 14.5. The standard InChI is InChI=1S/C55H34F3N5O2/c1-30-26-44-49-38(23-21-36-34-13-4-7-19-46(34)64-52(36)49)54(61(44)40-16-6-3-12-32(30)40)39-24-22-37-35-14-5-8-20-47(35)65-53(37)50(39)45-27-31(2)33-15-11-18-42(51(33)62(45)54)63-48(55(56,57)58)28-43-41-17-9-10-25-59(41)29-60(43)63/h3-28H,29H2,1-2H3/q+4. The molecule has 10 heteroatoms. The number of nitrogens with zero attached hydrogens (tertiary/aromatic N) is 5. The Morgan fingerprint density at radius 3 is 1.80 bits per heavy atom. The van der Waals surface area contributed by atoms with Gasteiger partial charge in [-0.3, -0.25) is 0 Å². The van der Waals surface area contributed by atoms with Crippen molar-refractivity contribution < 1.29 is 40.4 Å². The number of pyridine rings is 3. The largest absolute Gasteiger partial charge is 0.455 e. The summed E-state index contributed by atoms with van der Waals surface area (Å²) >= 11 is 0. The Kier molecular flexibility index (Phi) is 6.37. The van der Waals surface area contributed by atoms with Crippen molar-refractivity contribution in [2.45, 2.75) is 32.4 Å². The molecule has 3 aliphatic heterocycles. The number of aryl methyl sites for hydroxylation is 2. The number of alkyl halides is 3. The van der Waals surface area contributed by atoms with E-state index in [1.165, 1.54) is 10.7 Å². The summed E-state index contributed by atoms with van der Waals surface area (Å²) in [6.07, 6.45) is -2.77. The molecule has 65 heavy (non-hydrogen) atoms. The average molecular weight is 854 g/mol. The highest BCUT2D eigenvalue weighted by atomic mass is 19.4. The summed E-state index contributed by atoms with van der Waals surface area (Å²) in [6.45, 7) is 4.40. The zero-order valence-corrected chi connectivity index (χ0v) is 34.9. The third kappa shape index (κ3) is 4.14. The van der Waals surface area contributed by atoms with Crippen LogP contribution in [0.15, 0.2) is 167 Å². The molecule has 1 unspecified atom stereocenters. The molecule has 0 fully saturated rings. The number of rotatable bonds is 1. The summed E-state index contributed by atoms with van der Waals surface area (Å²) in [4.78, 5) is 0. The number of fused-ring (bicyclic) bond motifs is 25. The van der Waals surface area contributed by atoms with Crippen LogP contribution in [0.3, 0.4) is 0 Å². The molecular weight excluding hydrogens is 820 g/mol. The molecule has 3 aliphatic rings. The Hall–Kier alpha value is -8.11. The molecule has 1 spiro atoms. The summed E-state index contributed by atoms with van der Waals surface area (Å²) in [5.74, 6) is 0. The number of furan rings is 2. The molecule has 15 rings (SSSR count). The van der Waals surface area contributed by atoms with Crippen molar-refractivity contribution in [1.82, 2.24) is 4.68 Å². The molecule has 0 saturated heterocycles. The number of benzene rings is 6. The van der Waals surface area contributed by atoms with E-state index < -0.39 is 17.5 Å². The van der Waals surface area contributed by atoms with Crippen LogP contribution in [0.4, 0.5) is 13.2 Å². The molecule has 9 heterocycles. The summed E-state index contributed by atoms with van der Waals surface area (Å²) < 4.78 is 71.1. The minimum Gasteiger partial charge on any atom is -0.455 e. The number of para-hydroxylation sites is 4. The highest BCUT2D eigenvalue weighted by molar-refractivity contribution is 6.13. The SMILES string of the molecule is Cc1cc2[n+](c3ccccc13)C1(c3ccc4c(oc5ccccc54)c3-2)c2ccc3c(oc4ccccc43)c2-c2cc(C)c3cccc(-n4c(C(F)(F)F)cc5[n+]4C[n+]4ccccc4-5)c3[n+]21. The molecule has 1 atom stereocenters. The second kappa shape index (κ2) is 11.7. The highest BCUT2D eigenvalue weighted by Crippen LogP contribution is 2.55. The number of hydrogen-bond acceptors (Lipinski definition) is 2. The van der Waals surface area contributed by atoms with Crippen LogP contribution >= 0.6 is 0 Å². The Balaban J connectivity index is 1.20. The van der Waals surface area contributed by atoms with Crippen LogP contribution in [0.25, 0.3) is 105 Å². The maximum atomic E-state index is 15.8. The average Bonchev–Trinajstić information content (AvgIpc) is 4.15. The number of hydrogen-bond donors (Lipinski definition) is 0. The van der Waals surface area contributed by atoms with Crippen molar-refractivity contribution in [3.63, 3.8) is 0 Å². The van der Waals surface area contributed by atoms with Gasteiger partial charge in [0.15, 0.2) is 17.6 Å². The highest BCUT2D eigenvalue weighted by Gasteiger charge is 2.70. The first-order chi connectivity index (χ1) is 31.7. The van der Waals surface area contributed by atoms with E-state index in [2.05, 4.69) is 95.8 Å². The van der Waals surface area contributed by atoms with Crippen LogP contribution in [0.1, 0.15) is 27.9 Å². The van der Waals surface area contributed by atoms with E-state index in [9.17, 15) is 0 Å². The molecule has 12 aromatic rings. The molecule has 6 aromatic carbocycles. The Morgan fingerprint density at radius 1 is 0.538 bits per heavy atom. The fraction of sp³-hybridized carbons (Fsp3) is 0.0909. The van der Waals surface area contributed by atoms with Crippen molar-refractivity contribution >= 4 is 65.7 Å². The quantitative estimate of drug-likeness (QED) is 0.154. The van der Waals surface area contributed by atoms with Crippen LogP contribution in [0.5, 0.6) is 0 Å². The normalized spacial score (nSPS) is 15.8. The van der Waals surface area contributed by atoms with Gasteiger partial charge >= 0.3 is 24.2 Å². The van der Waals surface area contributed by atoms with E-state index in [1.807, 2.05) is 83.6 Å². The van der Waals surface area contributed by atoms with Gasteiger partial charge in [0, 0.05) is 57.3 Å². The van der Waals surface area contributed by atoms with Gasteiger partial charge in [-0.25, -0.2) is 0 Å². The first kappa shape index (κ1) is 35.4. The van der Waals surface area contributed by atoms with Crippen molar-refractivity contribution in [3.8, 4) is 39.6 Å². The molecule has 0 amide bonds. The van der Waals surface area contributed by atoms with Gasteiger partial charge in [-0.2, -0.15) is 13.2 Å². The predicted molar refractivity (Wildman–Crippen MR) is 240 cm³/mol. The second-order valence-corrected chi connectivity index (χ2v) is 17.7. The van der Waals surface area contributed by atoms with Gasteiger partial charge in [0.1, 0.15) is 44.6 Å². The van der Waals surface area contributed by atoms with E-state index in [1.54, 1.807) is 4.68 Å². The monoisotopic (exact) mass is 853 g/mol. The summed E-state index contributed by atoms with van der Waals surface area (Å²) in [5, 5.41) is 5.86. The molecule has 0 aliphatic carbocycles. The lowest BCUT2D eigenvalue weighted by Gasteiger charge is -2.21. The fourth-order valence-corrected chi connectivity index (χ4v) is 11.9. The Labute approximate surface area is 367 Å². The topological polar surface area (TPSA) is 46.7 Å². The lowest BCUT2D eigenvalue weighted by molar-refractivity contribution is -0.934. The minimum atomic E-state index is -4.68. The maximum Gasteiger partial charge on any atom is 0.437 e. The fourth-order valence-electron chi connectivity index (χ4n) is 11.9. The minimum absolute atomic E-state index is 0.204. The van der Waals surface area contributed by atoms with Crippen LogP contribution < -0.4 is 18.4 Å². The van der Waals surface area contributed by atoms with Gasteiger partial charge in [-0.15, -0.1) is 18.4 Å². The smallest absolute Gasteiger partial charge is 0.437 e. The number of aromatic nitrogens is 5. The van der Waals surface area contributed by atoms with Gasteiger partial charge in [0.2, 0.25) is 22.4 Å². The van der Waals surface area contributed by atoms with Crippen LogP contribution in [0.2, 0.25) is 0 Å². The van der Waals surface area contributed by atoms with Gasteiger partial charge in [-0.05, 0) is 90.3 Å². The van der Waals surface area contributed by atoms with Crippen molar-refractivity contribution in [2.75, 3.05) is 0 Å². The maximum absolute atomic E-state index is 15.8. The lowest BCUT2D eigenvalue weighted by atomic mass is 9.88. The second-order valence-electron chi connectivity index (χ2n) is 17.7. The molecule has 308 valence electrons. The molecular formula is C55H34F3N5O2+4. The van der Waals surface area contributed by atoms with E-state index in [4.69, 9.17) is 8.83 Å². The van der Waals surface area contributed by atoms with Crippen molar-refractivity contribution in [2.24, 2.45) is 0 Å². The zero-order chi connectivity index (χ0) is 43.2. The molecule has 6 aromatic heterocycles. The van der Waals surface area contributed by atoms with Crippen LogP contribution in [-0.2, 0) is 18.5 Å². The molecule has 0 bridgehead atoms. The van der Waals surface area contributed by atoms with E-state index in [0.29, 0.717) is 22.6 Å². The predicted octanol–water partition coefficient (Wildman–Crippen LogP) is 11.1. The Bertz CT molecular complexity index is 4180. The zero-order valence-electron chi connectivity index (χ0n) is 34.9. The number of halogens is 3. The third-order valence-electron chi connectivity index (χ3n) is 14.5. The van der Waals surface area contributed by atoms with Gasteiger partial charge in [0.05, 0.1) is 11.5 Å². The van der Waals surface area contributed by atoms with Crippen LogP contribution in [0, 0.1) is 13.8 Å². The summed E-state index contributed by atoms with van der Waals surface area (Å²) in [6, 6.07) is 50.5. The first-order valence-electron chi connectivity index (χ1n) is 21.8. The molecule has 7 nitrogen and oxygen atoms in total. The van der Waals surface area contributed by atoms with Crippen molar-refractivity contribution in [3.05, 3.63) is 186 Å². The lowest BCUT2D eigenvalue weighted by Crippen LogP contribution is -2.72. The van der Waals surface area contributed by atoms with Gasteiger partial charge < -0.3 is 8.83 Å². The molecule has 0 radical (unpaired) electrons. The Morgan fingerprint density at radius 2 is 1.12 bits per heavy atom. The van der Waals surface area contributed by atoms with E-state index in [0.717, 1.165) is 105 Å². The van der Waals surface area contributed by atoms with Gasteiger partial charge in [-0.1, -0.05) is 54.6 Å². The van der Waals surface area contributed by atoms with Crippen molar-refractivity contribution in [1.29, 1.82) is 0 Å². The van der Waals surface area contributed by atoms with Crippen LogP contribution in [-0.4, -0.2) is 4.68 Å². The molecule has 0 N–H and O–H groups in total. The van der Waals surface area contributed by atoms with Gasteiger partial charge in [0.25, 0.3) is 5.69 Å². The molecule has 0 saturated carbocycles. The first-order valence-corrected chi connectivity index (χ1v) is 21.8. The van der Waals surface area contributed by atoms with E-state index in [-0.39, 0.29) is 6.67 Å². The summed E-state index contributed by atoms with van der Waals surface area (Å²) in [7, 11) is 0. The van der Waals surface area contributed by atoms with E-state index >= 15 is 13.2 Å². The summed E-state index contributed by atoms with van der Waals surface area (Å²) in [5.41, 5.74) is 11.8.